The molecule has 3 heteroatoms. The van der Waals surface area contributed by atoms with Crippen molar-refractivity contribution in [2.45, 2.75) is 156 Å². The molecule has 0 aliphatic carbocycles. The van der Waals surface area contributed by atoms with Gasteiger partial charge in [-0.1, -0.05) is 123 Å². The Morgan fingerprint density at radius 3 is 1.41 bits per heavy atom. The van der Waals surface area contributed by atoms with Crippen LogP contribution in [-0.4, -0.2) is 23.4 Å². The second-order valence-electron chi connectivity index (χ2n) is 10.0. The molecule has 0 saturated heterocycles. The third kappa shape index (κ3) is 14.7. The van der Waals surface area contributed by atoms with Gasteiger partial charge in [-0.25, -0.2) is 4.99 Å². The molecule has 1 aliphatic heterocycles. The minimum atomic E-state index is 0. The number of amidine groups is 1. The van der Waals surface area contributed by atoms with E-state index in [1.807, 2.05) is 0 Å². The quantitative estimate of drug-likeness (QED) is 0.114. The summed E-state index contributed by atoms with van der Waals surface area (Å²) in [6.07, 6.45) is 34.0. The van der Waals surface area contributed by atoms with Gasteiger partial charge in [0.25, 0.3) is 0 Å². The molecule has 32 heavy (non-hydrogen) atoms. The molecule has 0 saturated carbocycles. The number of hydrogen-bond donors (Lipinski definition) is 0. The van der Waals surface area contributed by atoms with Gasteiger partial charge in [0.15, 0.2) is 0 Å². The third-order valence-electron chi connectivity index (χ3n) is 7.32. The van der Waals surface area contributed by atoms with Gasteiger partial charge in [-0.2, -0.15) is 0 Å². The lowest BCUT2D eigenvalue weighted by molar-refractivity contribution is -0.786. The van der Waals surface area contributed by atoms with Gasteiger partial charge in [-0.3, -0.25) is 4.48 Å². The van der Waals surface area contributed by atoms with E-state index in [9.17, 15) is 0 Å². The number of quaternary nitrogens is 1. The molecule has 0 aromatic rings. The normalized spacial score (nSPS) is 17.5. The largest absolute Gasteiger partial charge is 1.00 e. The Morgan fingerprint density at radius 1 is 0.562 bits per heavy atom. The minimum Gasteiger partial charge on any atom is -1.00 e. The van der Waals surface area contributed by atoms with Gasteiger partial charge >= 0.3 is 0 Å². The highest BCUT2D eigenvalue weighted by molar-refractivity contribution is 5.78. The van der Waals surface area contributed by atoms with E-state index in [2.05, 4.69) is 33.2 Å². The van der Waals surface area contributed by atoms with Crippen molar-refractivity contribution < 1.29 is 16.9 Å². The first-order chi connectivity index (χ1) is 15.3. The van der Waals surface area contributed by atoms with Crippen LogP contribution in [0.1, 0.15) is 156 Å². The fourth-order valence-corrected chi connectivity index (χ4v) is 5.04. The first-order valence-electron chi connectivity index (χ1n) is 14.4. The van der Waals surface area contributed by atoms with Crippen molar-refractivity contribution >= 4 is 5.84 Å². The van der Waals surface area contributed by atoms with Crippen molar-refractivity contribution in [1.29, 1.82) is 0 Å². The van der Waals surface area contributed by atoms with Crippen LogP contribution in [0, 0.1) is 0 Å². The molecule has 0 fully saturated rings. The van der Waals surface area contributed by atoms with Gasteiger partial charge in [0.2, 0.25) is 5.84 Å². The van der Waals surface area contributed by atoms with Gasteiger partial charge in [-0.15, -0.1) is 0 Å². The smallest absolute Gasteiger partial charge is 0.207 e. The summed E-state index contributed by atoms with van der Waals surface area (Å²) >= 11 is 0. The van der Waals surface area contributed by atoms with Crippen molar-refractivity contribution in [3.05, 3.63) is 12.4 Å². The average Bonchev–Trinajstić information content (AvgIpc) is 3.19. The van der Waals surface area contributed by atoms with Gasteiger partial charge < -0.3 is 12.4 Å². The summed E-state index contributed by atoms with van der Waals surface area (Å²) in [6.45, 7) is 9.38. The van der Waals surface area contributed by atoms with Gasteiger partial charge in [0, 0.05) is 6.42 Å². The number of halogens is 1. The molecule has 1 unspecified atom stereocenters. The molecule has 1 heterocycles. The second-order valence-corrected chi connectivity index (χ2v) is 10.0. The molecule has 0 amide bonds. The first-order valence-corrected chi connectivity index (χ1v) is 14.4. The van der Waals surface area contributed by atoms with Gasteiger partial charge in [0.1, 0.15) is 6.20 Å². The number of nitrogens with zero attached hydrogens (tertiary/aromatic N) is 2. The fraction of sp³-hybridized carbons (Fsp3) is 0.897. The molecule has 0 radical (unpaired) electrons. The Bertz CT molecular complexity index is 460. The minimum absolute atomic E-state index is 0. The molecular formula is C29H57ClN2. The van der Waals surface area contributed by atoms with E-state index >= 15 is 0 Å². The summed E-state index contributed by atoms with van der Waals surface area (Å²) in [7, 11) is 0. The zero-order valence-corrected chi connectivity index (χ0v) is 22.9. The Kier molecular flexibility index (Phi) is 22.2. The third-order valence-corrected chi connectivity index (χ3v) is 7.32. The molecule has 0 aromatic carbocycles. The first kappa shape index (κ1) is 31.7. The Morgan fingerprint density at radius 2 is 0.969 bits per heavy atom. The van der Waals surface area contributed by atoms with Crippen molar-refractivity contribution in [3.63, 3.8) is 0 Å². The Balaban J connectivity index is 0.00000961. The lowest BCUT2D eigenvalue weighted by Crippen LogP contribution is -3.00. The van der Waals surface area contributed by atoms with E-state index in [4.69, 9.17) is 4.99 Å². The number of aliphatic imine (C=N–C) groups is 1. The van der Waals surface area contributed by atoms with E-state index < -0.39 is 0 Å². The van der Waals surface area contributed by atoms with Crippen LogP contribution in [0.4, 0.5) is 0 Å². The molecule has 1 aliphatic rings. The van der Waals surface area contributed by atoms with E-state index in [0.29, 0.717) is 0 Å². The maximum absolute atomic E-state index is 4.81. The van der Waals surface area contributed by atoms with Crippen LogP contribution < -0.4 is 12.4 Å². The maximum atomic E-state index is 4.81. The highest BCUT2D eigenvalue weighted by Crippen LogP contribution is 2.23. The Hall–Kier alpha value is -0.340. The van der Waals surface area contributed by atoms with E-state index in [-0.39, 0.29) is 12.4 Å². The predicted molar refractivity (Wildman–Crippen MR) is 141 cm³/mol. The molecule has 1 atom stereocenters. The SMILES string of the molecule is CCCCCCCCCCCCC1=NC=C[N+]1(CC)CCCCCCCCCCCC.[Cl-]. The lowest BCUT2D eigenvalue weighted by atomic mass is 10.0. The standard InChI is InChI=1S/C29H57N2.ClH/c1-4-7-9-11-13-15-17-19-21-23-25-29-30-26-28-31(29,6-3)27-24-22-20-18-16-14-12-10-8-5-2;/h26,28H,4-25,27H2,1-3H3;1H/q+1;/p-1. The monoisotopic (exact) mass is 468 g/mol. The molecule has 0 aromatic heterocycles. The molecule has 2 nitrogen and oxygen atoms in total. The highest BCUT2D eigenvalue weighted by Gasteiger charge is 2.32. The van der Waals surface area contributed by atoms with Gasteiger partial charge in [0.05, 0.1) is 19.3 Å². The zero-order valence-electron chi connectivity index (χ0n) is 22.2. The van der Waals surface area contributed by atoms with Crippen LogP contribution in [0.15, 0.2) is 17.4 Å². The number of hydrogen-bond acceptors (Lipinski definition) is 1. The second kappa shape index (κ2) is 22.5. The fourth-order valence-electron chi connectivity index (χ4n) is 5.04. The summed E-state index contributed by atoms with van der Waals surface area (Å²) in [5, 5.41) is 0. The topological polar surface area (TPSA) is 12.4 Å². The van der Waals surface area contributed by atoms with Crippen molar-refractivity contribution in [3.8, 4) is 0 Å². The summed E-state index contributed by atoms with van der Waals surface area (Å²) in [6, 6.07) is 0. The van der Waals surface area contributed by atoms with Crippen molar-refractivity contribution in [2.24, 2.45) is 4.99 Å². The van der Waals surface area contributed by atoms with Crippen molar-refractivity contribution in [1.82, 2.24) is 0 Å². The van der Waals surface area contributed by atoms with Crippen LogP contribution in [0.2, 0.25) is 0 Å². The molecular weight excluding hydrogens is 412 g/mol. The summed E-state index contributed by atoms with van der Waals surface area (Å²) in [5.74, 6) is 1.44. The van der Waals surface area contributed by atoms with E-state index in [1.54, 1.807) is 0 Å². The van der Waals surface area contributed by atoms with Gasteiger partial charge in [-0.05, 0) is 26.2 Å². The summed E-state index contributed by atoms with van der Waals surface area (Å²) in [5.41, 5.74) is 0. The van der Waals surface area contributed by atoms with Crippen LogP contribution in [0.5, 0.6) is 0 Å². The number of rotatable bonds is 23. The van der Waals surface area contributed by atoms with Crippen LogP contribution in [-0.2, 0) is 0 Å². The highest BCUT2D eigenvalue weighted by atomic mass is 35.5. The van der Waals surface area contributed by atoms with Crippen LogP contribution >= 0.6 is 0 Å². The van der Waals surface area contributed by atoms with Crippen LogP contribution in [0.3, 0.4) is 0 Å². The number of unbranched alkanes of at least 4 members (excludes halogenated alkanes) is 18. The Labute approximate surface area is 208 Å². The zero-order chi connectivity index (χ0) is 22.5. The lowest BCUT2D eigenvalue weighted by Gasteiger charge is -2.31. The van der Waals surface area contributed by atoms with Crippen LogP contribution in [0.25, 0.3) is 0 Å². The van der Waals surface area contributed by atoms with E-state index in [1.165, 1.54) is 154 Å². The summed E-state index contributed by atoms with van der Waals surface area (Å²) < 4.78 is 1.05. The maximum Gasteiger partial charge on any atom is 0.207 e. The van der Waals surface area contributed by atoms with E-state index in [0.717, 1.165) is 4.48 Å². The molecule has 0 N–H and O–H groups in total. The average molecular weight is 469 g/mol. The predicted octanol–water partition coefficient (Wildman–Crippen LogP) is 6.94. The molecule has 0 bridgehead atoms. The van der Waals surface area contributed by atoms with Crippen molar-refractivity contribution in [2.75, 3.05) is 13.1 Å². The molecule has 0 spiro atoms. The summed E-state index contributed by atoms with van der Waals surface area (Å²) in [4.78, 5) is 4.81. The molecule has 1 rings (SSSR count). The molecule has 190 valence electrons.